The summed E-state index contributed by atoms with van der Waals surface area (Å²) in [5, 5.41) is 7.77. The van der Waals surface area contributed by atoms with Crippen LogP contribution in [0, 0.1) is 0 Å². The minimum atomic E-state index is 1.18. The monoisotopic (exact) mass is 564 g/mol. The second kappa shape index (κ2) is 8.57. The summed E-state index contributed by atoms with van der Waals surface area (Å²) < 4.78 is 7.47. The lowest BCUT2D eigenvalue weighted by Crippen LogP contribution is -2.04. The van der Waals surface area contributed by atoms with E-state index < -0.39 is 0 Å². The molecule has 8 aromatic rings. The van der Waals surface area contributed by atoms with E-state index in [0.717, 1.165) is 0 Å². The van der Waals surface area contributed by atoms with Crippen LogP contribution in [0.15, 0.2) is 146 Å². The summed E-state index contributed by atoms with van der Waals surface area (Å²) >= 11 is 1.89. The highest BCUT2D eigenvalue weighted by Crippen LogP contribution is 2.47. The van der Waals surface area contributed by atoms with Crippen molar-refractivity contribution in [2.24, 2.45) is 0 Å². The van der Waals surface area contributed by atoms with Crippen LogP contribution >= 0.6 is 11.3 Å². The third-order valence-electron chi connectivity index (χ3n) is 9.08. The largest absolute Gasteiger partial charge is 0.309 e. The van der Waals surface area contributed by atoms with Gasteiger partial charge in [0, 0.05) is 27.2 Å². The first kappa shape index (κ1) is 23.2. The molecule has 0 fully saturated rings. The van der Waals surface area contributed by atoms with Crippen molar-refractivity contribution in [1.82, 2.24) is 9.13 Å². The average molecular weight is 565 g/mol. The second-order valence-electron chi connectivity index (χ2n) is 11.3. The Balaban J connectivity index is 1.35. The molecular formula is C40H24N2S. The quantitative estimate of drug-likeness (QED) is 0.146. The molecule has 0 bridgehead atoms. The van der Waals surface area contributed by atoms with Crippen molar-refractivity contribution in [3.63, 3.8) is 0 Å². The molecule has 0 saturated heterocycles. The van der Waals surface area contributed by atoms with Crippen molar-refractivity contribution in [3.8, 4) is 22.5 Å². The van der Waals surface area contributed by atoms with Crippen molar-refractivity contribution in [1.29, 1.82) is 0 Å². The molecule has 0 spiro atoms. The van der Waals surface area contributed by atoms with Crippen LogP contribution < -0.4 is 0 Å². The molecule has 2 aliphatic heterocycles. The number of aromatic nitrogens is 2. The van der Waals surface area contributed by atoms with Crippen LogP contribution in [0.25, 0.3) is 86.3 Å². The second-order valence-corrected chi connectivity index (χ2v) is 12.4. The Morgan fingerprint density at radius 1 is 0.395 bits per heavy atom. The van der Waals surface area contributed by atoms with Crippen LogP contribution in [0.1, 0.15) is 0 Å². The van der Waals surface area contributed by atoms with Gasteiger partial charge in [-0.05, 0) is 76.5 Å². The molecule has 7 aromatic carbocycles. The van der Waals surface area contributed by atoms with Gasteiger partial charge in [0.2, 0.25) is 0 Å². The lowest BCUT2D eigenvalue weighted by molar-refractivity contribution is 1.18. The van der Waals surface area contributed by atoms with Crippen LogP contribution in [0.5, 0.6) is 0 Å². The Bertz CT molecular complexity index is 2670. The Morgan fingerprint density at radius 2 is 1.02 bits per heavy atom. The van der Waals surface area contributed by atoms with E-state index in [4.69, 9.17) is 0 Å². The maximum atomic E-state index is 2.49. The van der Waals surface area contributed by atoms with E-state index in [9.17, 15) is 0 Å². The summed E-state index contributed by atoms with van der Waals surface area (Å²) in [7, 11) is 0. The Kier molecular flexibility index (Phi) is 4.63. The number of hydrogen-bond acceptors (Lipinski definition) is 1. The number of hydrogen-bond donors (Lipinski definition) is 0. The first-order chi connectivity index (χ1) is 21.3. The van der Waals surface area contributed by atoms with Gasteiger partial charge in [-0.25, -0.2) is 0 Å². The molecule has 0 amide bonds. The van der Waals surface area contributed by atoms with Gasteiger partial charge in [-0.2, -0.15) is 0 Å². The zero-order valence-electron chi connectivity index (χ0n) is 23.2. The van der Waals surface area contributed by atoms with E-state index in [-0.39, 0.29) is 0 Å². The minimum absolute atomic E-state index is 1.18. The summed E-state index contributed by atoms with van der Waals surface area (Å²) in [6, 6.07) is 53.4. The van der Waals surface area contributed by atoms with Gasteiger partial charge in [0.1, 0.15) is 0 Å². The molecule has 200 valence electrons. The van der Waals surface area contributed by atoms with Gasteiger partial charge in [-0.3, -0.25) is 0 Å². The number of nitrogens with zero attached hydrogens (tertiary/aromatic N) is 2. The summed E-state index contributed by atoms with van der Waals surface area (Å²) in [4.78, 5) is 0. The minimum Gasteiger partial charge on any atom is -0.309 e. The molecule has 3 heterocycles. The molecule has 3 heteroatoms. The van der Waals surface area contributed by atoms with Crippen LogP contribution in [-0.2, 0) is 0 Å². The van der Waals surface area contributed by atoms with E-state index in [1.807, 2.05) is 11.3 Å². The molecule has 1 aromatic heterocycles. The highest BCUT2D eigenvalue weighted by Gasteiger charge is 2.22. The lowest BCUT2D eigenvalue weighted by atomic mass is 9.92. The number of fused-ring (bicyclic) bond motifs is 8. The highest BCUT2D eigenvalue weighted by molar-refractivity contribution is 7.24. The molecule has 0 N–H and O–H groups in total. The number of rotatable bonds is 2. The van der Waals surface area contributed by atoms with Gasteiger partial charge >= 0.3 is 0 Å². The molecule has 0 saturated carbocycles. The predicted molar refractivity (Wildman–Crippen MR) is 185 cm³/mol. The molecule has 0 radical (unpaired) electrons. The first-order valence-electron chi connectivity index (χ1n) is 14.7. The fraction of sp³-hybridized carbons (Fsp3) is 0. The predicted octanol–water partition coefficient (Wildman–Crippen LogP) is 11.4. The molecule has 0 aliphatic carbocycles. The summed E-state index contributed by atoms with van der Waals surface area (Å²) in [6.07, 6.45) is 0. The Hall–Kier alpha value is -5.38. The van der Waals surface area contributed by atoms with E-state index in [2.05, 4.69) is 155 Å². The van der Waals surface area contributed by atoms with Crippen molar-refractivity contribution in [2.75, 3.05) is 0 Å². The van der Waals surface area contributed by atoms with Gasteiger partial charge in [0.05, 0.1) is 37.2 Å². The summed E-state index contributed by atoms with van der Waals surface area (Å²) in [6.45, 7) is 0. The van der Waals surface area contributed by atoms with Crippen LogP contribution in [0.2, 0.25) is 0 Å². The van der Waals surface area contributed by atoms with Crippen LogP contribution in [0.3, 0.4) is 0 Å². The van der Waals surface area contributed by atoms with Gasteiger partial charge in [-0.15, -0.1) is 11.3 Å². The van der Waals surface area contributed by atoms with Crippen LogP contribution in [-0.4, -0.2) is 9.13 Å². The van der Waals surface area contributed by atoms with E-state index in [1.165, 1.54) is 86.3 Å². The molecule has 0 unspecified atom stereocenters. The number of benzene rings is 7. The molecular weight excluding hydrogens is 541 g/mol. The van der Waals surface area contributed by atoms with Crippen LogP contribution in [0.4, 0.5) is 0 Å². The Morgan fingerprint density at radius 3 is 1.86 bits per heavy atom. The SMILES string of the molecule is c1ccc(-n2c3ccccc3c3cc(-c4cc5sc6ccccc6n6c7ccccc7c7cccc4c7c5-6)ccc32)cc1. The van der Waals surface area contributed by atoms with E-state index >= 15 is 0 Å². The Labute approximate surface area is 251 Å². The van der Waals surface area contributed by atoms with E-state index in [1.54, 1.807) is 0 Å². The third kappa shape index (κ3) is 3.12. The summed E-state index contributed by atoms with van der Waals surface area (Å²) in [5.74, 6) is 0. The third-order valence-corrected chi connectivity index (χ3v) is 10.2. The topological polar surface area (TPSA) is 9.86 Å². The smallest absolute Gasteiger partial charge is 0.0719 e. The van der Waals surface area contributed by atoms with Gasteiger partial charge < -0.3 is 9.13 Å². The molecule has 0 atom stereocenters. The summed E-state index contributed by atoms with van der Waals surface area (Å²) in [5.41, 5.74) is 9.97. The van der Waals surface area contributed by atoms with Gasteiger partial charge in [0.25, 0.3) is 0 Å². The molecule has 43 heavy (non-hydrogen) atoms. The van der Waals surface area contributed by atoms with Crippen molar-refractivity contribution in [2.45, 2.75) is 0 Å². The molecule has 10 rings (SSSR count). The van der Waals surface area contributed by atoms with Gasteiger partial charge in [0.15, 0.2) is 0 Å². The van der Waals surface area contributed by atoms with Crippen molar-refractivity contribution < 1.29 is 0 Å². The zero-order chi connectivity index (χ0) is 28.1. The highest BCUT2D eigenvalue weighted by atomic mass is 32.1. The number of pyridine rings is 1. The zero-order valence-corrected chi connectivity index (χ0v) is 24.0. The first-order valence-corrected chi connectivity index (χ1v) is 15.5. The van der Waals surface area contributed by atoms with Crippen molar-refractivity contribution in [3.05, 3.63) is 146 Å². The fourth-order valence-electron chi connectivity index (χ4n) is 7.30. The lowest BCUT2D eigenvalue weighted by Gasteiger charge is -2.25. The standard InChI is InChI=1S/C40H24N2S/c1-2-11-26(12-3-1)41-33-17-6-5-14-28(33)32-23-25(21-22-35(32)41)31-24-38-40-39-29(15-10-16-30(31)39)27-13-4-7-18-34(27)42(40)36-19-8-9-20-37(36)43-38/h1-24H. The normalized spacial score (nSPS) is 12.2. The number of para-hydroxylation sites is 4. The maximum Gasteiger partial charge on any atom is 0.0719 e. The van der Waals surface area contributed by atoms with E-state index in [0.29, 0.717) is 0 Å². The van der Waals surface area contributed by atoms with Gasteiger partial charge in [-0.1, -0.05) is 91.0 Å². The molecule has 2 aliphatic rings. The van der Waals surface area contributed by atoms with Crippen molar-refractivity contribution >= 4 is 75.1 Å². The molecule has 2 nitrogen and oxygen atoms in total. The fourth-order valence-corrected chi connectivity index (χ4v) is 8.42. The maximum absolute atomic E-state index is 2.49. The average Bonchev–Trinajstić information content (AvgIpc) is 3.41.